The Hall–Kier alpha value is 0.596. The number of allylic oxidation sites excluding steroid dienone is 1. The van der Waals surface area contributed by atoms with Gasteiger partial charge >= 0.3 is 51.4 Å². The monoisotopic (exact) mass is 183 g/mol. The molecule has 56 valence electrons. The third kappa shape index (κ3) is 1.75. The molecule has 0 unspecified atom stereocenters. The summed E-state index contributed by atoms with van der Waals surface area (Å²) in [4.78, 5) is 0. The molecule has 12 heavy (non-hydrogen) atoms. The van der Waals surface area contributed by atoms with Gasteiger partial charge in [0.05, 0.1) is 0 Å². The first-order valence-corrected chi connectivity index (χ1v) is 4.04. The Balaban J connectivity index is 0.000000720. The van der Waals surface area contributed by atoms with Crippen molar-refractivity contribution < 1.29 is 51.4 Å². The first-order chi connectivity index (χ1) is 5.29. The summed E-state index contributed by atoms with van der Waals surface area (Å²) in [7, 11) is 0. The van der Waals surface area contributed by atoms with Gasteiger partial charge in [-0.3, -0.25) is 0 Å². The van der Waals surface area contributed by atoms with Gasteiger partial charge in [-0.25, -0.2) is 0 Å². The molecule has 1 aliphatic rings. The van der Waals surface area contributed by atoms with Crippen LogP contribution in [-0.2, 0) is 6.42 Å². The quantitative estimate of drug-likeness (QED) is 0.492. The van der Waals surface area contributed by atoms with Crippen LogP contribution in [0.1, 0.15) is 22.3 Å². The number of hydrogen-bond acceptors (Lipinski definition) is 0. The van der Waals surface area contributed by atoms with Gasteiger partial charge in [0.2, 0.25) is 0 Å². The smallest absolute Gasteiger partial charge is 0.0795 e. The van der Waals surface area contributed by atoms with Crippen molar-refractivity contribution in [1.29, 1.82) is 0 Å². The molecule has 1 aromatic carbocycles. The molecular formula is C11H12K+. The molecule has 0 spiro atoms. The van der Waals surface area contributed by atoms with Crippen LogP contribution in [0.5, 0.6) is 0 Å². The molecule has 0 fully saturated rings. The fourth-order valence-corrected chi connectivity index (χ4v) is 1.69. The minimum absolute atomic E-state index is 0. The van der Waals surface area contributed by atoms with E-state index >= 15 is 0 Å². The Bertz CT molecular complexity index is 324. The Morgan fingerprint density at radius 1 is 1.08 bits per heavy atom. The van der Waals surface area contributed by atoms with E-state index in [1.54, 1.807) is 0 Å². The molecule has 1 aromatic rings. The van der Waals surface area contributed by atoms with Crippen LogP contribution < -0.4 is 51.4 Å². The second-order valence-corrected chi connectivity index (χ2v) is 3.20. The maximum atomic E-state index is 2.24. The Labute approximate surface area is 116 Å². The fourth-order valence-electron chi connectivity index (χ4n) is 1.69. The van der Waals surface area contributed by atoms with Gasteiger partial charge in [-0.1, -0.05) is 24.3 Å². The van der Waals surface area contributed by atoms with Gasteiger partial charge in [0.25, 0.3) is 0 Å². The maximum absolute atomic E-state index is 2.24. The zero-order valence-corrected chi connectivity index (χ0v) is 11.1. The standard InChI is InChI=1S/C11H12.K/c1-8-6-7-9(2)11-5-3-4-10(8)11;/h3-4,6-7H,5H2,1-2H3;/q;+1. The van der Waals surface area contributed by atoms with E-state index in [0.717, 1.165) is 6.42 Å². The van der Waals surface area contributed by atoms with E-state index in [-0.39, 0.29) is 51.4 Å². The predicted molar refractivity (Wildman–Crippen MR) is 48.7 cm³/mol. The van der Waals surface area contributed by atoms with Crippen molar-refractivity contribution in [3.8, 4) is 0 Å². The van der Waals surface area contributed by atoms with Gasteiger partial charge in [0.1, 0.15) is 0 Å². The van der Waals surface area contributed by atoms with Crippen molar-refractivity contribution in [2.75, 3.05) is 0 Å². The van der Waals surface area contributed by atoms with Gasteiger partial charge in [-0.2, -0.15) is 0 Å². The minimum atomic E-state index is 0. The topological polar surface area (TPSA) is 0 Å². The molecule has 0 aromatic heterocycles. The summed E-state index contributed by atoms with van der Waals surface area (Å²) in [5, 5.41) is 0. The van der Waals surface area contributed by atoms with E-state index in [9.17, 15) is 0 Å². The van der Waals surface area contributed by atoms with Crippen LogP contribution in [0.15, 0.2) is 18.2 Å². The SMILES string of the molecule is Cc1ccc(C)c2c1C=CC2.[K+]. The number of fused-ring (bicyclic) bond motifs is 1. The van der Waals surface area contributed by atoms with Crippen molar-refractivity contribution in [3.05, 3.63) is 40.5 Å². The number of rotatable bonds is 0. The summed E-state index contributed by atoms with van der Waals surface area (Å²) >= 11 is 0. The van der Waals surface area contributed by atoms with Crippen LogP contribution in [0.3, 0.4) is 0 Å². The van der Waals surface area contributed by atoms with Crippen molar-refractivity contribution in [2.45, 2.75) is 20.3 Å². The second kappa shape index (κ2) is 4.21. The summed E-state index contributed by atoms with van der Waals surface area (Å²) in [5.74, 6) is 0. The van der Waals surface area contributed by atoms with Crippen LogP contribution in [0.25, 0.3) is 6.08 Å². The van der Waals surface area contributed by atoms with Crippen molar-refractivity contribution in [1.82, 2.24) is 0 Å². The van der Waals surface area contributed by atoms with Crippen molar-refractivity contribution >= 4 is 6.08 Å². The van der Waals surface area contributed by atoms with E-state index in [1.807, 2.05) is 0 Å². The molecule has 0 aliphatic heterocycles. The third-order valence-corrected chi connectivity index (χ3v) is 2.42. The normalized spacial score (nSPS) is 12.5. The summed E-state index contributed by atoms with van der Waals surface area (Å²) < 4.78 is 0. The van der Waals surface area contributed by atoms with Gasteiger partial charge in [-0.05, 0) is 42.5 Å². The van der Waals surface area contributed by atoms with Crippen molar-refractivity contribution in [2.24, 2.45) is 0 Å². The number of hydrogen-bond donors (Lipinski definition) is 0. The van der Waals surface area contributed by atoms with E-state index in [2.05, 4.69) is 38.1 Å². The molecule has 0 amide bonds. The average Bonchev–Trinajstić information content (AvgIpc) is 2.45. The molecule has 0 nitrogen and oxygen atoms in total. The predicted octanol–water partition coefficient (Wildman–Crippen LogP) is -0.123. The van der Waals surface area contributed by atoms with Crippen LogP contribution in [0.2, 0.25) is 0 Å². The largest absolute Gasteiger partial charge is 1.00 e. The fraction of sp³-hybridized carbons (Fsp3) is 0.273. The van der Waals surface area contributed by atoms with Gasteiger partial charge < -0.3 is 0 Å². The van der Waals surface area contributed by atoms with Crippen LogP contribution >= 0.6 is 0 Å². The molecule has 0 saturated heterocycles. The molecule has 0 N–H and O–H groups in total. The zero-order valence-electron chi connectivity index (χ0n) is 8.02. The first kappa shape index (κ1) is 10.7. The van der Waals surface area contributed by atoms with Crippen LogP contribution in [0, 0.1) is 13.8 Å². The zero-order chi connectivity index (χ0) is 7.84. The average molecular weight is 183 g/mol. The molecule has 0 bridgehead atoms. The molecule has 0 atom stereocenters. The maximum Gasteiger partial charge on any atom is 1.00 e. The van der Waals surface area contributed by atoms with Gasteiger partial charge in [0.15, 0.2) is 0 Å². The summed E-state index contributed by atoms with van der Waals surface area (Å²) in [6.45, 7) is 4.36. The Morgan fingerprint density at radius 3 is 2.42 bits per heavy atom. The second-order valence-electron chi connectivity index (χ2n) is 3.20. The molecule has 0 radical (unpaired) electrons. The molecule has 1 heteroatoms. The van der Waals surface area contributed by atoms with Crippen LogP contribution in [0.4, 0.5) is 0 Å². The van der Waals surface area contributed by atoms with E-state index < -0.39 is 0 Å². The van der Waals surface area contributed by atoms with E-state index in [0.29, 0.717) is 0 Å². The minimum Gasteiger partial charge on any atom is -0.0795 e. The summed E-state index contributed by atoms with van der Waals surface area (Å²) in [6, 6.07) is 4.41. The number of benzene rings is 1. The molecule has 2 rings (SSSR count). The van der Waals surface area contributed by atoms with Crippen LogP contribution in [-0.4, -0.2) is 0 Å². The summed E-state index contributed by atoms with van der Waals surface area (Å²) in [5.41, 5.74) is 5.80. The molecule has 0 heterocycles. The van der Waals surface area contributed by atoms with E-state index in [1.165, 1.54) is 22.3 Å². The van der Waals surface area contributed by atoms with Gasteiger partial charge in [-0.15, -0.1) is 0 Å². The molecule has 0 saturated carbocycles. The molecular weight excluding hydrogens is 171 g/mol. The van der Waals surface area contributed by atoms with Crippen molar-refractivity contribution in [3.63, 3.8) is 0 Å². The summed E-state index contributed by atoms with van der Waals surface area (Å²) in [6.07, 6.45) is 5.60. The molecule has 1 aliphatic carbocycles. The van der Waals surface area contributed by atoms with Gasteiger partial charge in [0, 0.05) is 0 Å². The Morgan fingerprint density at radius 2 is 1.75 bits per heavy atom. The first-order valence-electron chi connectivity index (χ1n) is 4.04. The number of aryl methyl sites for hydroxylation is 2. The van der Waals surface area contributed by atoms with E-state index in [4.69, 9.17) is 0 Å². The third-order valence-electron chi connectivity index (χ3n) is 2.42. The Kier molecular flexibility index (Phi) is 3.74.